The molecule has 0 aliphatic rings. The summed E-state index contributed by atoms with van der Waals surface area (Å²) in [7, 11) is -4.19. The summed E-state index contributed by atoms with van der Waals surface area (Å²) in [5, 5.41) is 9.17. The number of carbonyl (C=O) groups excluding carboxylic acids is 1. The van der Waals surface area contributed by atoms with Crippen LogP contribution in [-0.4, -0.2) is 48.4 Å². The Hall–Kier alpha value is -0.500. The van der Waals surface area contributed by atoms with Crippen LogP contribution in [0.4, 0.5) is 0 Å². The summed E-state index contributed by atoms with van der Waals surface area (Å²) < 4.78 is 24.3. The molecule has 8 nitrogen and oxygen atoms in total. The molecule has 0 amide bonds. The van der Waals surface area contributed by atoms with Gasteiger partial charge < -0.3 is 20.5 Å². The standard InChI is InChI=1S/C7H16NO7P/c1-6(9)13-4-7(10)5-15-16(11,12)14-3-2-8/h7,10H,2-5,8H2,1H3,(H,11,12)/t7-/m0/s1. The van der Waals surface area contributed by atoms with Gasteiger partial charge in [-0.2, -0.15) is 0 Å². The zero-order valence-corrected chi connectivity index (χ0v) is 9.76. The van der Waals surface area contributed by atoms with Gasteiger partial charge >= 0.3 is 13.8 Å². The molecule has 0 bridgehead atoms. The fourth-order valence-corrected chi connectivity index (χ4v) is 1.42. The average molecular weight is 257 g/mol. The molecule has 16 heavy (non-hydrogen) atoms. The number of esters is 1. The Morgan fingerprint density at radius 3 is 2.56 bits per heavy atom. The largest absolute Gasteiger partial charge is 0.472 e. The maximum Gasteiger partial charge on any atom is 0.472 e. The number of carbonyl (C=O) groups is 1. The Morgan fingerprint density at radius 1 is 1.44 bits per heavy atom. The third kappa shape index (κ3) is 8.78. The number of ether oxygens (including phenoxy) is 1. The van der Waals surface area contributed by atoms with Gasteiger partial charge in [0.05, 0.1) is 13.2 Å². The van der Waals surface area contributed by atoms with E-state index in [9.17, 15) is 14.5 Å². The van der Waals surface area contributed by atoms with Crippen molar-refractivity contribution in [2.45, 2.75) is 13.0 Å². The second kappa shape index (κ2) is 7.72. The van der Waals surface area contributed by atoms with Gasteiger partial charge in [-0.05, 0) is 0 Å². The smallest absolute Gasteiger partial charge is 0.463 e. The van der Waals surface area contributed by atoms with Gasteiger partial charge in [0.25, 0.3) is 0 Å². The highest BCUT2D eigenvalue weighted by atomic mass is 31.2. The Bertz CT molecular complexity index is 259. The molecule has 0 heterocycles. The van der Waals surface area contributed by atoms with Gasteiger partial charge in [-0.25, -0.2) is 4.57 Å². The molecule has 2 atom stereocenters. The molecule has 0 rings (SSSR count). The van der Waals surface area contributed by atoms with Gasteiger partial charge in [0.1, 0.15) is 12.7 Å². The fourth-order valence-electron chi connectivity index (χ4n) is 0.647. The number of phosphoric ester groups is 1. The van der Waals surface area contributed by atoms with Gasteiger partial charge in [0.2, 0.25) is 0 Å². The van der Waals surface area contributed by atoms with E-state index in [4.69, 9.17) is 10.6 Å². The van der Waals surface area contributed by atoms with Crippen LogP contribution in [0.15, 0.2) is 0 Å². The number of phosphoric acid groups is 1. The summed E-state index contributed by atoms with van der Waals surface area (Å²) in [5.74, 6) is -0.564. The van der Waals surface area contributed by atoms with E-state index in [0.717, 1.165) is 0 Å². The monoisotopic (exact) mass is 257 g/mol. The fraction of sp³-hybridized carbons (Fsp3) is 0.857. The van der Waals surface area contributed by atoms with Gasteiger partial charge in [0.15, 0.2) is 0 Å². The molecule has 4 N–H and O–H groups in total. The Labute approximate surface area is 92.9 Å². The lowest BCUT2D eigenvalue weighted by molar-refractivity contribution is -0.144. The van der Waals surface area contributed by atoms with Crippen LogP contribution in [0.1, 0.15) is 6.92 Å². The first-order valence-corrected chi connectivity index (χ1v) is 6.00. The third-order valence-corrected chi connectivity index (χ3v) is 2.27. The lowest BCUT2D eigenvalue weighted by Crippen LogP contribution is -2.22. The van der Waals surface area contributed by atoms with Crippen LogP contribution < -0.4 is 5.73 Å². The first kappa shape index (κ1) is 15.5. The molecular formula is C7H16NO7P. The number of hydrogen-bond donors (Lipinski definition) is 3. The molecule has 9 heteroatoms. The Kier molecular flexibility index (Phi) is 7.48. The van der Waals surface area contributed by atoms with Crippen molar-refractivity contribution in [2.24, 2.45) is 5.73 Å². The minimum atomic E-state index is -4.19. The highest BCUT2D eigenvalue weighted by Gasteiger charge is 2.22. The molecule has 0 radical (unpaired) electrons. The zero-order chi connectivity index (χ0) is 12.6. The molecule has 0 saturated carbocycles. The predicted molar refractivity (Wildman–Crippen MR) is 53.4 cm³/mol. The van der Waals surface area contributed by atoms with Crippen LogP contribution in [0.2, 0.25) is 0 Å². The lowest BCUT2D eigenvalue weighted by Gasteiger charge is -2.14. The normalized spacial score (nSPS) is 16.5. The van der Waals surface area contributed by atoms with E-state index in [0.29, 0.717) is 0 Å². The van der Waals surface area contributed by atoms with Crippen LogP contribution in [-0.2, 0) is 23.1 Å². The number of hydrogen-bond acceptors (Lipinski definition) is 7. The van der Waals surface area contributed by atoms with Crippen LogP contribution in [0, 0.1) is 0 Å². The van der Waals surface area contributed by atoms with Crippen LogP contribution in [0.5, 0.6) is 0 Å². The minimum absolute atomic E-state index is 0.0733. The molecule has 0 aromatic heterocycles. The SMILES string of the molecule is CC(=O)OC[C@H](O)COP(=O)(O)OCCN. The summed E-state index contributed by atoms with van der Waals surface area (Å²) in [6.07, 6.45) is -1.19. The zero-order valence-electron chi connectivity index (χ0n) is 8.87. The van der Waals surface area contributed by atoms with Crippen molar-refractivity contribution in [3.05, 3.63) is 0 Å². The molecule has 1 unspecified atom stereocenters. The number of nitrogens with two attached hydrogens (primary N) is 1. The molecule has 0 aliphatic carbocycles. The highest BCUT2D eigenvalue weighted by molar-refractivity contribution is 7.47. The summed E-state index contributed by atoms with van der Waals surface area (Å²) in [5.41, 5.74) is 5.05. The van der Waals surface area contributed by atoms with Crippen molar-refractivity contribution < 1.29 is 33.1 Å². The minimum Gasteiger partial charge on any atom is -0.463 e. The molecule has 0 spiro atoms. The first-order chi connectivity index (χ1) is 7.37. The number of aliphatic hydroxyl groups excluding tert-OH is 1. The third-order valence-electron chi connectivity index (χ3n) is 1.28. The van der Waals surface area contributed by atoms with E-state index in [1.165, 1.54) is 6.92 Å². The Morgan fingerprint density at radius 2 is 2.06 bits per heavy atom. The molecule has 96 valence electrons. The van der Waals surface area contributed by atoms with Crippen molar-refractivity contribution in [3.8, 4) is 0 Å². The van der Waals surface area contributed by atoms with Gasteiger partial charge in [0, 0.05) is 13.5 Å². The van der Waals surface area contributed by atoms with Crippen molar-refractivity contribution in [1.29, 1.82) is 0 Å². The van der Waals surface area contributed by atoms with E-state index in [1.54, 1.807) is 0 Å². The van der Waals surface area contributed by atoms with Gasteiger partial charge in [-0.3, -0.25) is 13.8 Å². The second-order valence-corrected chi connectivity index (χ2v) is 4.30. The van der Waals surface area contributed by atoms with Crippen molar-refractivity contribution in [3.63, 3.8) is 0 Å². The van der Waals surface area contributed by atoms with Gasteiger partial charge in [-0.1, -0.05) is 0 Å². The van der Waals surface area contributed by atoms with Crippen LogP contribution in [0.25, 0.3) is 0 Å². The molecule has 0 saturated heterocycles. The summed E-state index contributed by atoms with van der Waals surface area (Å²) in [6.45, 7) is 0.324. The second-order valence-electron chi connectivity index (χ2n) is 2.84. The Balaban J connectivity index is 3.76. The van der Waals surface area contributed by atoms with Crippen molar-refractivity contribution in [1.82, 2.24) is 0 Å². The van der Waals surface area contributed by atoms with E-state index in [1.807, 2.05) is 0 Å². The highest BCUT2D eigenvalue weighted by Crippen LogP contribution is 2.42. The van der Waals surface area contributed by atoms with E-state index in [-0.39, 0.29) is 19.8 Å². The first-order valence-electron chi connectivity index (χ1n) is 4.50. The molecule has 0 fully saturated rings. The molecule has 0 aromatic rings. The van der Waals surface area contributed by atoms with Crippen molar-refractivity contribution >= 4 is 13.8 Å². The predicted octanol–water partition coefficient (Wildman–Crippen LogP) is -0.997. The van der Waals surface area contributed by atoms with E-state index < -0.39 is 26.5 Å². The van der Waals surface area contributed by atoms with Crippen molar-refractivity contribution in [2.75, 3.05) is 26.4 Å². The van der Waals surface area contributed by atoms with Crippen LogP contribution >= 0.6 is 7.82 Å². The topological polar surface area (TPSA) is 128 Å². The lowest BCUT2D eigenvalue weighted by atomic mass is 10.4. The quantitative estimate of drug-likeness (QED) is 0.373. The van der Waals surface area contributed by atoms with Gasteiger partial charge in [-0.15, -0.1) is 0 Å². The average Bonchev–Trinajstić information content (AvgIpc) is 2.21. The summed E-state index contributed by atoms with van der Waals surface area (Å²) in [6, 6.07) is 0. The van der Waals surface area contributed by atoms with Crippen LogP contribution in [0.3, 0.4) is 0 Å². The van der Waals surface area contributed by atoms with E-state index >= 15 is 0 Å². The summed E-state index contributed by atoms with van der Waals surface area (Å²) >= 11 is 0. The number of aliphatic hydroxyl groups is 1. The molecular weight excluding hydrogens is 241 g/mol. The maximum absolute atomic E-state index is 11.1. The molecule has 0 aliphatic heterocycles. The maximum atomic E-state index is 11.1. The number of rotatable bonds is 8. The molecule has 0 aromatic carbocycles. The van der Waals surface area contributed by atoms with E-state index in [2.05, 4.69) is 13.8 Å². The summed E-state index contributed by atoms with van der Waals surface area (Å²) in [4.78, 5) is 19.4.